The van der Waals surface area contributed by atoms with E-state index >= 15 is 0 Å². The van der Waals surface area contributed by atoms with E-state index in [0.29, 0.717) is 5.75 Å². The Morgan fingerprint density at radius 1 is 1.39 bits per heavy atom. The molecule has 3 rings (SSSR count). The van der Waals surface area contributed by atoms with Crippen LogP contribution >= 0.6 is 11.3 Å². The Bertz CT molecular complexity index is 704. The van der Waals surface area contributed by atoms with Gasteiger partial charge in [-0.3, -0.25) is 4.90 Å². The third-order valence-electron chi connectivity index (χ3n) is 4.13. The maximum Gasteiger partial charge on any atom is 0.165 e. The fourth-order valence-electron chi connectivity index (χ4n) is 2.85. The second kappa shape index (κ2) is 7.07. The lowest BCUT2D eigenvalue weighted by Crippen LogP contribution is -2.40. The largest absolute Gasteiger partial charge is 0.487 e. The molecule has 23 heavy (non-hydrogen) atoms. The van der Waals surface area contributed by atoms with Crippen molar-refractivity contribution >= 4 is 11.3 Å². The Balaban J connectivity index is 1.61. The number of para-hydroxylation sites is 1. The van der Waals surface area contributed by atoms with Gasteiger partial charge in [0.05, 0.1) is 22.2 Å². The van der Waals surface area contributed by atoms with Crippen LogP contribution in [0.5, 0.6) is 5.75 Å². The standard InChI is InChI=1S/C17H18FN3OS/c1-12-17(23-11-20-12)15(10-19)21-8-6-13(7-9-21)22-16-5-3-2-4-14(16)18/h2-5,11,13,15H,6-9H2,1H3. The topological polar surface area (TPSA) is 49.2 Å². The molecule has 0 spiro atoms. The first-order valence-electron chi connectivity index (χ1n) is 7.64. The van der Waals surface area contributed by atoms with Crippen LogP contribution in [0.4, 0.5) is 4.39 Å². The normalized spacial score (nSPS) is 17.6. The lowest BCUT2D eigenvalue weighted by molar-refractivity contribution is 0.0856. The van der Waals surface area contributed by atoms with Crippen LogP contribution in [-0.2, 0) is 0 Å². The first-order chi connectivity index (χ1) is 11.2. The maximum absolute atomic E-state index is 13.7. The van der Waals surface area contributed by atoms with E-state index in [9.17, 15) is 9.65 Å². The van der Waals surface area contributed by atoms with Gasteiger partial charge in [0.1, 0.15) is 12.1 Å². The van der Waals surface area contributed by atoms with Crippen LogP contribution < -0.4 is 4.74 Å². The minimum Gasteiger partial charge on any atom is -0.487 e. The van der Waals surface area contributed by atoms with Crippen molar-refractivity contribution in [2.45, 2.75) is 31.9 Å². The van der Waals surface area contributed by atoms with E-state index in [1.54, 1.807) is 23.7 Å². The number of piperidine rings is 1. The van der Waals surface area contributed by atoms with Gasteiger partial charge in [0.25, 0.3) is 0 Å². The molecule has 1 atom stereocenters. The third kappa shape index (κ3) is 3.52. The highest BCUT2D eigenvalue weighted by Crippen LogP contribution is 2.30. The van der Waals surface area contributed by atoms with Crippen molar-refractivity contribution in [3.8, 4) is 11.8 Å². The minimum atomic E-state index is -0.329. The Morgan fingerprint density at radius 2 is 2.13 bits per heavy atom. The number of thiazole rings is 1. The Kier molecular flexibility index (Phi) is 4.89. The van der Waals surface area contributed by atoms with E-state index in [4.69, 9.17) is 4.74 Å². The molecule has 1 fully saturated rings. The number of nitriles is 1. The number of likely N-dealkylation sites (tertiary alicyclic amines) is 1. The Hall–Kier alpha value is -1.97. The summed E-state index contributed by atoms with van der Waals surface area (Å²) in [5.74, 6) is -0.0220. The van der Waals surface area contributed by atoms with Crippen molar-refractivity contribution in [3.05, 3.63) is 46.2 Å². The van der Waals surface area contributed by atoms with Gasteiger partial charge in [0.2, 0.25) is 0 Å². The fourth-order valence-corrected chi connectivity index (χ4v) is 3.73. The van der Waals surface area contributed by atoms with E-state index < -0.39 is 0 Å². The summed E-state index contributed by atoms with van der Waals surface area (Å²) < 4.78 is 19.4. The molecule has 0 amide bonds. The number of benzene rings is 1. The lowest BCUT2D eigenvalue weighted by atomic mass is 10.0. The summed E-state index contributed by atoms with van der Waals surface area (Å²) in [6.07, 6.45) is 1.56. The van der Waals surface area contributed by atoms with Gasteiger partial charge in [-0.2, -0.15) is 5.26 Å². The quantitative estimate of drug-likeness (QED) is 0.857. The van der Waals surface area contributed by atoms with E-state index in [1.165, 1.54) is 17.4 Å². The molecule has 1 aromatic heterocycles. The summed E-state index contributed by atoms with van der Waals surface area (Å²) in [4.78, 5) is 7.40. The molecule has 1 aliphatic rings. The zero-order valence-electron chi connectivity index (χ0n) is 12.9. The highest BCUT2D eigenvalue weighted by atomic mass is 32.1. The highest BCUT2D eigenvalue weighted by Gasteiger charge is 2.29. The molecule has 0 radical (unpaired) electrons. The van der Waals surface area contributed by atoms with Gasteiger partial charge < -0.3 is 4.74 Å². The van der Waals surface area contributed by atoms with Crippen molar-refractivity contribution in [3.63, 3.8) is 0 Å². The summed E-state index contributed by atoms with van der Waals surface area (Å²) in [6, 6.07) is 8.61. The molecular weight excluding hydrogens is 313 g/mol. The summed E-state index contributed by atoms with van der Waals surface area (Å²) >= 11 is 1.53. The van der Waals surface area contributed by atoms with Crippen LogP contribution in [0.3, 0.4) is 0 Å². The fraction of sp³-hybridized carbons (Fsp3) is 0.412. The number of nitrogens with zero attached hydrogens (tertiary/aromatic N) is 3. The predicted molar refractivity (Wildman–Crippen MR) is 86.8 cm³/mol. The summed E-state index contributed by atoms with van der Waals surface area (Å²) in [5, 5.41) is 9.52. The monoisotopic (exact) mass is 331 g/mol. The van der Waals surface area contributed by atoms with Gasteiger partial charge in [-0.15, -0.1) is 11.3 Å². The van der Waals surface area contributed by atoms with Gasteiger partial charge in [-0.25, -0.2) is 9.37 Å². The van der Waals surface area contributed by atoms with E-state index in [2.05, 4.69) is 16.0 Å². The minimum absolute atomic E-state index is 0.00921. The van der Waals surface area contributed by atoms with Gasteiger partial charge in [0.15, 0.2) is 11.6 Å². The number of hydrogen-bond acceptors (Lipinski definition) is 5. The van der Waals surface area contributed by atoms with E-state index in [-0.39, 0.29) is 18.0 Å². The summed E-state index contributed by atoms with van der Waals surface area (Å²) in [6.45, 7) is 3.45. The van der Waals surface area contributed by atoms with Crippen LogP contribution in [0.25, 0.3) is 0 Å². The molecule has 2 heterocycles. The molecule has 4 nitrogen and oxygen atoms in total. The van der Waals surface area contributed by atoms with Gasteiger partial charge in [-0.1, -0.05) is 12.1 Å². The molecule has 0 N–H and O–H groups in total. The van der Waals surface area contributed by atoms with Crippen molar-refractivity contribution in [1.82, 2.24) is 9.88 Å². The van der Waals surface area contributed by atoms with Gasteiger partial charge in [0, 0.05) is 13.1 Å². The first-order valence-corrected chi connectivity index (χ1v) is 8.52. The van der Waals surface area contributed by atoms with Crippen LogP contribution in [0.15, 0.2) is 29.8 Å². The predicted octanol–water partition coefficient (Wildman–Crippen LogP) is 3.70. The van der Waals surface area contributed by atoms with Crippen LogP contribution in [-0.4, -0.2) is 29.1 Å². The highest BCUT2D eigenvalue weighted by molar-refractivity contribution is 7.09. The number of rotatable bonds is 4. The molecular formula is C17H18FN3OS. The maximum atomic E-state index is 13.7. The average molecular weight is 331 g/mol. The van der Waals surface area contributed by atoms with Crippen molar-refractivity contribution < 1.29 is 9.13 Å². The number of aromatic nitrogens is 1. The second-order valence-corrected chi connectivity index (χ2v) is 6.50. The molecule has 120 valence electrons. The number of aryl methyl sites for hydroxylation is 1. The van der Waals surface area contributed by atoms with Crippen LogP contribution in [0.1, 0.15) is 29.5 Å². The smallest absolute Gasteiger partial charge is 0.165 e. The van der Waals surface area contributed by atoms with Gasteiger partial charge in [-0.05, 0) is 31.9 Å². The van der Waals surface area contributed by atoms with Crippen LogP contribution in [0, 0.1) is 24.1 Å². The van der Waals surface area contributed by atoms with Gasteiger partial charge >= 0.3 is 0 Å². The SMILES string of the molecule is Cc1ncsc1C(C#N)N1CCC(Oc2ccccc2F)CC1. The molecule has 0 saturated carbocycles. The zero-order chi connectivity index (χ0) is 16.2. The molecule has 6 heteroatoms. The molecule has 1 saturated heterocycles. The van der Waals surface area contributed by atoms with Crippen molar-refractivity contribution in [2.24, 2.45) is 0 Å². The first kappa shape index (κ1) is 15.9. The molecule has 1 unspecified atom stereocenters. The molecule has 1 aliphatic heterocycles. The molecule has 0 aliphatic carbocycles. The number of hydrogen-bond donors (Lipinski definition) is 0. The molecule has 2 aromatic rings. The van der Waals surface area contributed by atoms with Crippen molar-refractivity contribution in [2.75, 3.05) is 13.1 Å². The molecule has 1 aromatic carbocycles. The summed E-state index contributed by atoms with van der Waals surface area (Å²) in [5.41, 5.74) is 2.70. The number of ether oxygens (including phenoxy) is 1. The second-order valence-electron chi connectivity index (χ2n) is 5.62. The average Bonchev–Trinajstić information content (AvgIpc) is 2.98. The zero-order valence-corrected chi connectivity index (χ0v) is 13.7. The molecule has 0 bridgehead atoms. The van der Waals surface area contributed by atoms with Crippen molar-refractivity contribution in [1.29, 1.82) is 5.26 Å². The Morgan fingerprint density at radius 3 is 2.74 bits per heavy atom. The summed E-state index contributed by atoms with van der Waals surface area (Å²) in [7, 11) is 0. The number of halogens is 1. The Labute approximate surface area is 139 Å². The lowest BCUT2D eigenvalue weighted by Gasteiger charge is -2.34. The van der Waals surface area contributed by atoms with E-state index in [0.717, 1.165) is 36.5 Å². The third-order valence-corrected chi connectivity index (χ3v) is 5.11. The van der Waals surface area contributed by atoms with E-state index in [1.807, 2.05) is 6.92 Å². The van der Waals surface area contributed by atoms with Crippen LogP contribution in [0.2, 0.25) is 0 Å².